The van der Waals surface area contributed by atoms with E-state index in [1.807, 2.05) is 53.5 Å². The second-order valence-corrected chi connectivity index (χ2v) is 14.2. The van der Waals surface area contributed by atoms with Gasteiger partial charge in [0.15, 0.2) is 0 Å². The number of hydrogen-bond donors (Lipinski definition) is 1. The summed E-state index contributed by atoms with van der Waals surface area (Å²) in [6.45, 7) is 2.18. The number of hydrazone groups is 1. The van der Waals surface area contributed by atoms with Crippen LogP contribution in [0.3, 0.4) is 0 Å². The third kappa shape index (κ3) is 6.62. The zero-order valence-corrected chi connectivity index (χ0v) is 28.4. The van der Waals surface area contributed by atoms with E-state index < -0.39 is 5.63 Å². The van der Waals surface area contributed by atoms with Crippen LogP contribution < -0.4 is 10.6 Å². The van der Waals surface area contributed by atoms with Crippen molar-refractivity contribution in [1.29, 1.82) is 0 Å². The fraction of sp³-hybridized carbons (Fsp3) is 0.289. The highest BCUT2D eigenvalue weighted by molar-refractivity contribution is 7.18. The standard InChI is InChI=1S/C38H35Cl2N3O3S/c1-2-3-4-5-7-25-19-27-20-31(37(45)46-33(27)21-32(25)44)34-22-41-38(47-34)43-36(24-12-16-29(40)17-13-24)30-9-6-8-26(35(30)42-43)18-23-10-14-28(39)15-11-23/h10-22,30,36,44H,2-9H2,1H3/b26-18+/t30-,36+/m0/s1. The minimum atomic E-state index is -0.466. The van der Waals surface area contributed by atoms with E-state index >= 15 is 0 Å². The smallest absolute Gasteiger partial charge is 0.345 e. The van der Waals surface area contributed by atoms with Gasteiger partial charge in [-0.1, -0.05) is 85.0 Å². The van der Waals surface area contributed by atoms with Gasteiger partial charge in [0, 0.05) is 33.6 Å². The second-order valence-electron chi connectivity index (χ2n) is 12.3. The molecule has 0 radical (unpaired) electrons. The first-order valence-electron chi connectivity index (χ1n) is 16.2. The first-order valence-corrected chi connectivity index (χ1v) is 17.8. The molecule has 5 aromatic rings. The first kappa shape index (κ1) is 31.7. The van der Waals surface area contributed by atoms with Crippen molar-refractivity contribution in [2.24, 2.45) is 11.0 Å². The van der Waals surface area contributed by atoms with Gasteiger partial charge >= 0.3 is 5.63 Å². The van der Waals surface area contributed by atoms with Crippen molar-refractivity contribution < 1.29 is 9.52 Å². The minimum absolute atomic E-state index is 0.0681. The van der Waals surface area contributed by atoms with Gasteiger partial charge in [0.1, 0.15) is 11.3 Å². The van der Waals surface area contributed by atoms with Gasteiger partial charge in [-0.25, -0.2) is 14.8 Å². The average molecular weight is 685 g/mol. The summed E-state index contributed by atoms with van der Waals surface area (Å²) < 4.78 is 5.71. The molecule has 1 saturated carbocycles. The summed E-state index contributed by atoms with van der Waals surface area (Å²) in [5.74, 6) is 0.335. The van der Waals surface area contributed by atoms with Crippen molar-refractivity contribution >= 4 is 62.4 Å². The van der Waals surface area contributed by atoms with Crippen LogP contribution >= 0.6 is 34.5 Å². The number of benzene rings is 3. The summed E-state index contributed by atoms with van der Waals surface area (Å²) in [5.41, 5.74) is 5.69. The summed E-state index contributed by atoms with van der Waals surface area (Å²) in [4.78, 5) is 18.7. The number of thiazole rings is 1. The molecule has 47 heavy (non-hydrogen) atoms. The Kier molecular flexibility index (Phi) is 9.22. The maximum absolute atomic E-state index is 13.2. The number of hydrogen-bond acceptors (Lipinski definition) is 7. The Balaban J connectivity index is 1.25. The molecule has 2 aromatic heterocycles. The Bertz CT molecular complexity index is 2030. The number of phenols is 1. The van der Waals surface area contributed by atoms with Crippen molar-refractivity contribution in [3.8, 4) is 16.2 Å². The predicted octanol–water partition coefficient (Wildman–Crippen LogP) is 10.9. The predicted molar refractivity (Wildman–Crippen MR) is 194 cm³/mol. The van der Waals surface area contributed by atoms with Crippen molar-refractivity contribution in [1.82, 2.24) is 4.98 Å². The molecule has 0 unspecified atom stereocenters. The van der Waals surface area contributed by atoms with Gasteiger partial charge in [-0.05, 0) is 96.8 Å². The largest absolute Gasteiger partial charge is 0.508 e. The van der Waals surface area contributed by atoms with Crippen molar-refractivity contribution in [3.63, 3.8) is 0 Å². The van der Waals surface area contributed by atoms with Crippen LogP contribution in [0.1, 0.15) is 74.6 Å². The van der Waals surface area contributed by atoms with E-state index in [9.17, 15) is 9.90 Å². The summed E-state index contributed by atoms with van der Waals surface area (Å²) in [6, 6.07) is 21.1. The van der Waals surface area contributed by atoms with E-state index in [2.05, 4.69) is 25.1 Å². The number of phenolic OH excluding ortho intramolecular Hbond substituents is 1. The monoisotopic (exact) mass is 683 g/mol. The Morgan fingerprint density at radius 3 is 2.55 bits per heavy atom. The van der Waals surface area contributed by atoms with E-state index in [4.69, 9.17) is 37.7 Å². The summed E-state index contributed by atoms with van der Waals surface area (Å²) in [7, 11) is 0. The van der Waals surface area contributed by atoms with Gasteiger partial charge in [-0.2, -0.15) is 5.10 Å². The van der Waals surface area contributed by atoms with Gasteiger partial charge in [-0.15, -0.1) is 0 Å². The Labute approximate surface area is 288 Å². The molecule has 0 bridgehead atoms. The van der Waals surface area contributed by atoms with E-state index in [0.29, 0.717) is 31.2 Å². The van der Waals surface area contributed by atoms with Gasteiger partial charge in [0.25, 0.3) is 0 Å². The molecule has 0 spiro atoms. The summed E-state index contributed by atoms with van der Waals surface area (Å²) >= 11 is 13.9. The van der Waals surface area contributed by atoms with Crippen LogP contribution in [0, 0.1) is 5.92 Å². The van der Waals surface area contributed by atoms with Gasteiger partial charge in [0.05, 0.1) is 22.2 Å². The average Bonchev–Trinajstić information content (AvgIpc) is 3.71. The molecule has 0 saturated heterocycles. The van der Waals surface area contributed by atoms with Crippen LogP contribution in [-0.4, -0.2) is 15.8 Å². The number of aromatic nitrogens is 1. The lowest BCUT2D eigenvalue weighted by atomic mass is 9.77. The van der Waals surface area contributed by atoms with Gasteiger partial charge in [-0.3, -0.25) is 0 Å². The first-order chi connectivity index (χ1) is 22.9. The molecule has 9 heteroatoms. The molecule has 7 rings (SSSR count). The maximum Gasteiger partial charge on any atom is 0.345 e. The lowest BCUT2D eigenvalue weighted by Gasteiger charge is -2.29. The van der Waals surface area contributed by atoms with E-state index in [1.165, 1.54) is 23.3 Å². The normalized spacial score (nSPS) is 18.6. The molecule has 1 aliphatic heterocycles. The van der Waals surface area contributed by atoms with Crippen molar-refractivity contribution in [2.75, 3.05) is 5.01 Å². The maximum atomic E-state index is 13.2. The third-order valence-electron chi connectivity index (χ3n) is 9.11. The van der Waals surface area contributed by atoms with Crippen LogP contribution in [0.25, 0.3) is 27.5 Å². The molecule has 1 N–H and O–H groups in total. The SMILES string of the molecule is CCCCCCc1cc2cc(-c3cnc(N4N=C5/C(=C/c6ccc(Cl)cc6)CCC[C@@H]5[C@H]4c4ccc(Cl)cc4)s3)c(=O)oc2cc1O. The highest BCUT2D eigenvalue weighted by atomic mass is 35.5. The number of anilines is 1. The number of aryl methyl sites for hydroxylation is 1. The zero-order chi connectivity index (χ0) is 32.5. The van der Waals surface area contributed by atoms with Crippen LogP contribution in [0.2, 0.25) is 10.0 Å². The number of rotatable bonds is 9. The molecule has 1 fully saturated rings. The van der Waals surface area contributed by atoms with Crippen molar-refractivity contribution in [3.05, 3.63) is 116 Å². The quantitative estimate of drug-likeness (QED) is 0.123. The second kappa shape index (κ2) is 13.7. The van der Waals surface area contributed by atoms with Crippen LogP contribution in [0.15, 0.2) is 92.8 Å². The molecule has 1 aliphatic carbocycles. The molecule has 3 heterocycles. The van der Waals surface area contributed by atoms with Gasteiger partial charge in [0.2, 0.25) is 5.13 Å². The van der Waals surface area contributed by atoms with E-state index in [-0.39, 0.29) is 17.7 Å². The molecule has 6 nitrogen and oxygen atoms in total. The summed E-state index contributed by atoms with van der Waals surface area (Å²) in [5, 5.41) is 20.7. The number of aromatic hydroxyl groups is 1. The Morgan fingerprint density at radius 2 is 1.79 bits per heavy atom. The van der Waals surface area contributed by atoms with E-state index in [0.717, 1.165) is 72.7 Å². The summed E-state index contributed by atoms with van der Waals surface area (Å²) in [6.07, 6.45) is 12.2. The van der Waals surface area contributed by atoms with Crippen LogP contribution in [0.4, 0.5) is 5.13 Å². The van der Waals surface area contributed by atoms with Gasteiger partial charge < -0.3 is 9.52 Å². The number of allylic oxidation sites excluding steroid dienone is 1. The fourth-order valence-electron chi connectivity index (χ4n) is 6.72. The fourth-order valence-corrected chi connectivity index (χ4v) is 7.88. The molecule has 240 valence electrons. The number of halogens is 2. The topological polar surface area (TPSA) is 78.9 Å². The third-order valence-corrected chi connectivity index (χ3v) is 10.6. The molecule has 0 amide bonds. The highest BCUT2D eigenvalue weighted by Crippen LogP contribution is 2.48. The minimum Gasteiger partial charge on any atom is -0.508 e. The molecular formula is C38H35Cl2N3O3S. The highest BCUT2D eigenvalue weighted by Gasteiger charge is 2.43. The molecular weight excluding hydrogens is 649 g/mol. The molecule has 2 atom stereocenters. The Morgan fingerprint density at radius 1 is 1.02 bits per heavy atom. The van der Waals surface area contributed by atoms with Crippen LogP contribution in [0.5, 0.6) is 5.75 Å². The zero-order valence-electron chi connectivity index (χ0n) is 26.1. The number of nitrogens with zero attached hydrogens (tertiary/aromatic N) is 3. The molecule has 2 aliphatic rings. The number of fused-ring (bicyclic) bond motifs is 2. The lowest BCUT2D eigenvalue weighted by molar-refractivity contribution is 0.464. The lowest BCUT2D eigenvalue weighted by Crippen LogP contribution is -2.28. The van der Waals surface area contributed by atoms with E-state index in [1.54, 1.807) is 12.3 Å². The molecule has 3 aromatic carbocycles. The van der Waals surface area contributed by atoms with Crippen molar-refractivity contribution in [2.45, 2.75) is 64.3 Å². The van der Waals surface area contributed by atoms with Crippen LogP contribution in [-0.2, 0) is 6.42 Å². The number of unbranched alkanes of at least 4 members (excludes halogenated alkanes) is 3. The Hall–Kier alpha value is -3.91.